The molecule has 0 atom stereocenters. The summed E-state index contributed by atoms with van der Waals surface area (Å²) >= 11 is 0. The van der Waals surface area contributed by atoms with Gasteiger partial charge in [0.05, 0.1) is 16.1 Å². The third-order valence-corrected chi connectivity index (χ3v) is 5.65. The van der Waals surface area contributed by atoms with E-state index in [2.05, 4.69) is 10.6 Å². The summed E-state index contributed by atoms with van der Waals surface area (Å²) in [6.45, 7) is -0.469. The fourth-order valence-electron chi connectivity index (χ4n) is 2.91. The Morgan fingerprint density at radius 1 is 0.912 bits per heavy atom. The number of hydrogen-bond acceptors (Lipinski definition) is 5. The van der Waals surface area contributed by atoms with E-state index < -0.39 is 40.0 Å². The van der Waals surface area contributed by atoms with E-state index in [1.54, 1.807) is 12.1 Å². The molecule has 0 heterocycles. The van der Waals surface area contributed by atoms with Crippen molar-refractivity contribution in [2.45, 2.75) is 11.1 Å². The molecule has 3 aromatic carbocycles. The lowest BCUT2D eigenvalue weighted by Gasteiger charge is -2.11. The second kappa shape index (κ2) is 9.96. The van der Waals surface area contributed by atoms with Gasteiger partial charge in [0.25, 0.3) is 11.8 Å². The monoisotopic (exact) mass is 492 g/mol. The molecule has 178 valence electrons. The summed E-state index contributed by atoms with van der Waals surface area (Å²) in [4.78, 5) is 24.5. The highest BCUT2D eigenvalue weighted by Gasteiger charge is 2.30. The Hall–Kier alpha value is -3.86. The maximum Gasteiger partial charge on any atom is 0.416 e. The number of para-hydroxylation sites is 1. The van der Waals surface area contributed by atoms with E-state index in [4.69, 9.17) is 4.74 Å². The van der Waals surface area contributed by atoms with Crippen LogP contribution in [0.25, 0.3) is 0 Å². The van der Waals surface area contributed by atoms with E-state index in [-0.39, 0.29) is 27.6 Å². The highest BCUT2D eigenvalue weighted by Crippen LogP contribution is 2.30. The summed E-state index contributed by atoms with van der Waals surface area (Å²) in [6.07, 6.45) is -3.49. The molecule has 0 aliphatic heterocycles. The predicted molar refractivity (Wildman–Crippen MR) is 120 cm³/mol. The number of carbonyl (C=O) groups excluding carboxylic acids is 2. The second-order valence-electron chi connectivity index (χ2n) is 7.16. The molecule has 0 aliphatic carbocycles. The topological polar surface area (TPSA) is 102 Å². The number of carbonyl (C=O) groups is 2. The number of benzene rings is 3. The van der Waals surface area contributed by atoms with E-state index in [9.17, 15) is 31.2 Å². The average Bonchev–Trinajstić information content (AvgIpc) is 2.77. The van der Waals surface area contributed by atoms with Crippen molar-refractivity contribution in [1.29, 1.82) is 0 Å². The molecule has 0 aliphatic rings. The molecule has 0 aromatic heterocycles. The summed E-state index contributed by atoms with van der Waals surface area (Å²) in [5.74, 6) is -0.976. The number of halogens is 3. The maximum atomic E-state index is 12.8. The van der Waals surface area contributed by atoms with E-state index in [1.165, 1.54) is 48.5 Å². The van der Waals surface area contributed by atoms with E-state index in [0.29, 0.717) is 0 Å². The number of anilines is 2. The Labute approximate surface area is 193 Å². The third-order valence-electron chi connectivity index (χ3n) is 4.49. The largest absolute Gasteiger partial charge is 0.484 e. The normalized spacial score (nSPS) is 11.5. The number of alkyl halides is 3. The second-order valence-corrected chi connectivity index (χ2v) is 9.15. The van der Waals surface area contributed by atoms with E-state index >= 15 is 0 Å². The average molecular weight is 492 g/mol. The Morgan fingerprint density at radius 2 is 1.59 bits per heavy atom. The van der Waals surface area contributed by atoms with Crippen molar-refractivity contribution in [2.75, 3.05) is 23.5 Å². The van der Waals surface area contributed by atoms with Crippen molar-refractivity contribution in [3.8, 4) is 5.75 Å². The molecule has 0 saturated heterocycles. The number of amides is 2. The van der Waals surface area contributed by atoms with E-state index in [1.807, 2.05) is 0 Å². The van der Waals surface area contributed by atoms with Crippen LogP contribution in [0, 0.1) is 0 Å². The zero-order valence-corrected chi connectivity index (χ0v) is 18.5. The number of nitrogens with one attached hydrogen (secondary N) is 2. The first-order valence-electron chi connectivity index (χ1n) is 9.74. The molecule has 0 bridgehead atoms. The Kier molecular flexibility index (Phi) is 7.26. The van der Waals surface area contributed by atoms with Gasteiger partial charge in [0, 0.05) is 17.5 Å². The first kappa shape index (κ1) is 24.8. The summed E-state index contributed by atoms with van der Waals surface area (Å²) in [7, 11) is -3.54. The summed E-state index contributed by atoms with van der Waals surface area (Å²) in [5, 5.41) is 4.86. The van der Waals surface area contributed by atoms with Crippen LogP contribution in [0.2, 0.25) is 0 Å². The summed E-state index contributed by atoms with van der Waals surface area (Å²) in [6, 6.07) is 15.9. The van der Waals surface area contributed by atoms with Gasteiger partial charge in [0.2, 0.25) is 0 Å². The number of sulfone groups is 1. The van der Waals surface area contributed by atoms with Crippen LogP contribution >= 0.6 is 0 Å². The lowest BCUT2D eigenvalue weighted by molar-refractivity contribution is -0.137. The molecule has 0 fully saturated rings. The van der Waals surface area contributed by atoms with Gasteiger partial charge in [-0.25, -0.2) is 8.42 Å². The van der Waals surface area contributed by atoms with Crippen molar-refractivity contribution in [1.82, 2.24) is 0 Å². The molecule has 11 heteroatoms. The molecular weight excluding hydrogens is 473 g/mol. The van der Waals surface area contributed by atoms with Crippen LogP contribution in [-0.2, 0) is 20.8 Å². The quantitative estimate of drug-likeness (QED) is 0.510. The van der Waals surface area contributed by atoms with Gasteiger partial charge in [-0.3, -0.25) is 9.59 Å². The standard InChI is InChI=1S/C23H19F3N2O5S/c1-34(31,32)20-8-3-2-7-19(20)28-22(30)15-9-11-18(12-10-15)33-14-21(29)27-17-6-4-5-16(13-17)23(24,25)26/h2-13H,14H2,1H3,(H,27,29)(H,28,30). The minimum absolute atomic E-state index is 0.0184. The van der Waals surface area contributed by atoms with Gasteiger partial charge in [-0.1, -0.05) is 18.2 Å². The van der Waals surface area contributed by atoms with Crippen molar-refractivity contribution in [3.63, 3.8) is 0 Å². The first-order valence-corrected chi connectivity index (χ1v) is 11.6. The van der Waals surface area contributed by atoms with Crippen LogP contribution in [-0.4, -0.2) is 33.1 Å². The molecule has 3 aromatic rings. The minimum atomic E-state index is -4.53. The van der Waals surface area contributed by atoms with Gasteiger partial charge >= 0.3 is 6.18 Å². The smallest absolute Gasteiger partial charge is 0.416 e. The van der Waals surface area contributed by atoms with Crippen molar-refractivity contribution in [3.05, 3.63) is 83.9 Å². The van der Waals surface area contributed by atoms with Gasteiger partial charge in [0.1, 0.15) is 5.75 Å². The van der Waals surface area contributed by atoms with Gasteiger partial charge in [-0.15, -0.1) is 0 Å². The van der Waals surface area contributed by atoms with Crippen LogP contribution in [0.5, 0.6) is 5.75 Å². The van der Waals surface area contributed by atoms with Crippen LogP contribution in [0.3, 0.4) is 0 Å². The van der Waals surface area contributed by atoms with Crippen molar-refractivity contribution in [2.24, 2.45) is 0 Å². The predicted octanol–water partition coefficient (Wildman–Crippen LogP) is 4.38. The molecule has 0 saturated carbocycles. The van der Waals surface area contributed by atoms with Crippen LogP contribution in [0.1, 0.15) is 15.9 Å². The first-order chi connectivity index (χ1) is 15.9. The molecule has 0 unspecified atom stereocenters. The highest BCUT2D eigenvalue weighted by molar-refractivity contribution is 7.90. The number of ether oxygens (including phenoxy) is 1. The Bertz CT molecular complexity index is 1310. The van der Waals surface area contributed by atoms with Crippen molar-refractivity contribution < 1.29 is 35.9 Å². The molecule has 34 heavy (non-hydrogen) atoms. The van der Waals surface area contributed by atoms with Crippen LogP contribution in [0.4, 0.5) is 24.5 Å². The lowest BCUT2D eigenvalue weighted by atomic mass is 10.2. The van der Waals surface area contributed by atoms with Crippen molar-refractivity contribution >= 4 is 33.0 Å². The van der Waals surface area contributed by atoms with E-state index in [0.717, 1.165) is 18.4 Å². The molecule has 2 N–H and O–H groups in total. The van der Waals surface area contributed by atoms with Gasteiger partial charge < -0.3 is 15.4 Å². The fraction of sp³-hybridized carbons (Fsp3) is 0.130. The number of hydrogen-bond donors (Lipinski definition) is 2. The fourth-order valence-corrected chi connectivity index (χ4v) is 3.75. The minimum Gasteiger partial charge on any atom is -0.484 e. The van der Waals surface area contributed by atoms with Crippen LogP contribution in [0.15, 0.2) is 77.7 Å². The molecular formula is C23H19F3N2O5S. The molecule has 7 nitrogen and oxygen atoms in total. The summed E-state index contributed by atoms with van der Waals surface area (Å²) in [5.41, 5.74) is -0.560. The molecule has 2 amide bonds. The zero-order chi connectivity index (χ0) is 24.9. The third kappa shape index (κ3) is 6.58. The molecule has 0 radical (unpaired) electrons. The lowest BCUT2D eigenvalue weighted by Crippen LogP contribution is -2.20. The van der Waals surface area contributed by atoms with Gasteiger partial charge in [0.15, 0.2) is 16.4 Å². The Balaban J connectivity index is 1.58. The molecule has 0 spiro atoms. The van der Waals surface area contributed by atoms with Gasteiger partial charge in [-0.05, 0) is 54.6 Å². The van der Waals surface area contributed by atoms with Crippen LogP contribution < -0.4 is 15.4 Å². The molecule has 3 rings (SSSR count). The van der Waals surface area contributed by atoms with Gasteiger partial charge in [-0.2, -0.15) is 13.2 Å². The maximum absolute atomic E-state index is 12.8. The SMILES string of the molecule is CS(=O)(=O)c1ccccc1NC(=O)c1ccc(OCC(=O)Nc2cccc(C(F)(F)F)c2)cc1. The number of rotatable bonds is 7. The summed E-state index contributed by atoms with van der Waals surface area (Å²) < 4.78 is 67.3. The highest BCUT2D eigenvalue weighted by atomic mass is 32.2. The zero-order valence-electron chi connectivity index (χ0n) is 17.7. The Morgan fingerprint density at radius 3 is 2.24 bits per heavy atom.